The summed E-state index contributed by atoms with van der Waals surface area (Å²) in [7, 11) is 0. The molecule has 0 fully saturated rings. The van der Waals surface area contributed by atoms with E-state index in [0.717, 1.165) is 23.7 Å². The lowest BCUT2D eigenvalue weighted by atomic mass is 9.97. The molecule has 1 unspecified atom stereocenters. The Balaban J connectivity index is 1.51. The van der Waals surface area contributed by atoms with Gasteiger partial charge in [0.25, 0.3) is 5.56 Å². The molecule has 0 aliphatic heterocycles. The smallest absolute Gasteiger partial charge is 0.277 e. The Morgan fingerprint density at radius 1 is 1.13 bits per heavy atom. The predicted octanol–water partition coefficient (Wildman–Crippen LogP) is 5.36. The summed E-state index contributed by atoms with van der Waals surface area (Å²) < 4.78 is 34.1. The lowest BCUT2D eigenvalue weighted by Crippen LogP contribution is -2.23. The van der Waals surface area contributed by atoms with Gasteiger partial charge < -0.3 is 9.84 Å². The minimum Gasteiger partial charge on any atom is -0.485 e. The van der Waals surface area contributed by atoms with Crippen LogP contribution in [0.4, 0.5) is 8.78 Å². The summed E-state index contributed by atoms with van der Waals surface area (Å²) in [6.07, 6.45) is 4.50. The lowest BCUT2D eigenvalue weighted by Gasteiger charge is -2.21. The van der Waals surface area contributed by atoms with Crippen LogP contribution in [-0.4, -0.2) is 24.6 Å². The molecule has 0 saturated heterocycles. The second-order valence-corrected chi connectivity index (χ2v) is 9.80. The zero-order valence-corrected chi connectivity index (χ0v) is 21.8. The first kappa shape index (κ1) is 25.9. The standard InChI is InChI=1S/C28H25ClF2N4O3/c1-4-28(37)8-7-17-5-6-20(34-26(17)28)21-11-23(15(2)12-32-21)35-16(3)9-24(25(29)27(35)36)38-14-22-19(31)10-18(30)13-33-22/h5-6,9-13,37H,4,7-8,14H2,1-3H3. The first-order valence-corrected chi connectivity index (χ1v) is 12.5. The Hall–Kier alpha value is -3.69. The molecule has 0 bridgehead atoms. The number of fused-ring (bicyclic) bond motifs is 1. The highest BCUT2D eigenvalue weighted by molar-refractivity contribution is 6.31. The molecule has 196 valence electrons. The van der Waals surface area contributed by atoms with Crippen molar-refractivity contribution in [2.45, 2.75) is 52.2 Å². The molecule has 38 heavy (non-hydrogen) atoms. The van der Waals surface area contributed by atoms with Crippen molar-refractivity contribution < 1.29 is 18.6 Å². The van der Waals surface area contributed by atoms with Crippen LogP contribution in [-0.2, 0) is 18.6 Å². The van der Waals surface area contributed by atoms with Crippen LogP contribution >= 0.6 is 11.6 Å². The molecule has 0 amide bonds. The molecule has 7 nitrogen and oxygen atoms in total. The monoisotopic (exact) mass is 538 g/mol. The second kappa shape index (κ2) is 9.89. The van der Waals surface area contributed by atoms with Crippen LogP contribution in [0.1, 0.15) is 48.0 Å². The summed E-state index contributed by atoms with van der Waals surface area (Å²) in [4.78, 5) is 26.3. The average Bonchev–Trinajstić information content (AvgIpc) is 3.23. The number of hydrogen-bond acceptors (Lipinski definition) is 6. The molecule has 0 radical (unpaired) electrons. The fourth-order valence-electron chi connectivity index (χ4n) is 4.71. The summed E-state index contributed by atoms with van der Waals surface area (Å²) in [6.45, 7) is 5.15. The molecule has 4 aromatic heterocycles. The molecular weight excluding hydrogens is 514 g/mol. The molecule has 1 atom stereocenters. The van der Waals surface area contributed by atoms with E-state index in [4.69, 9.17) is 21.3 Å². The number of aromatic nitrogens is 4. The van der Waals surface area contributed by atoms with Gasteiger partial charge >= 0.3 is 0 Å². The van der Waals surface area contributed by atoms with Crippen LogP contribution in [0.3, 0.4) is 0 Å². The molecule has 0 spiro atoms. The summed E-state index contributed by atoms with van der Waals surface area (Å²) in [6, 6.07) is 7.86. The summed E-state index contributed by atoms with van der Waals surface area (Å²) >= 11 is 6.38. The summed E-state index contributed by atoms with van der Waals surface area (Å²) in [5.41, 5.74) is 3.03. The predicted molar refractivity (Wildman–Crippen MR) is 139 cm³/mol. The maximum absolute atomic E-state index is 13.9. The van der Waals surface area contributed by atoms with Gasteiger partial charge in [0.15, 0.2) is 5.82 Å². The number of pyridine rings is 4. The average molecular weight is 539 g/mol. The molecule has 1 aliphatic carbocycles. The van der Waals surface area contributed by atoms with E-state index >= 15 is 0 Å². The molecule has 1 aliphatic rings. The molecule has 1 N–H and O–H groups in total. The molecule has 5 rings (SSSR count). The Morgan fingerprint density at radius 3 is 2.66 bits per heavy atom. The highest BCUT2D eigenvalue weighted by Crippen LogP contribution is 2.39. The topological polar surface area (TPSA) is 90.1 Å². The zero-order valence-electron chi connectivity index (χ0n) is 21.1. The molecule has 4 aromatic rings. The van der Waals surface area contributed by atoms with E-state index in [1.165, 1.54) is 4.57 Å². The summed E-state index contributed by atoms with van der Waals surface area (Å²) in [5.74, 6) is -1.60. The van der Waals surface area contributed by atoms with Crippen molar-refractivity contribution in [3.8, 4) is 22.8 Å². The van der Waals surface area contributed by atoms with Gasteiger partial charge in [-0.2, -0.15) is 0 Å². The third-order valence-corrected chi connectivity index (χ3v) is 7.29. The van der Waals surface area contributed by atoms with Gasteiger partial charge in [-0.15, -0.1) is 0 Å². The van der Waals surface area contributed by atoms with Crippen LogP contribution in [0, 0.1) is 25.5 Å². The van der Waals surface area contributed by atoms with Gasteiger partial charge in [-0.1, -0.05) is 24.6 Å². The third-order valence-electron chi connectivity index (χ3n) is 6.94. The van der Waals surface area contributed by atoms with Crippen LogP contribution < -0.4 is 10.3 Å². The SMILES string of the molecule is CCC1(O)CCc2ccc(-c3cc(-n4c(C)cc(OCc5ncc(F)cc5F)c(Cl)c4=O)c(C)cn3)nc21. The van der Waals surface area contributed by atoms with Crippen molar-refractivity contribution >= 4 is 11.6 Å². The van der Waals surface area contributed by atoms with Crippen LogP contribution in [0.2, 0.25) is 5.02 Å². The van der Waals surface area contributed by atoms with E-state index in [-0.39, 0.29) is 23.1 Å². The van der Waals surface area contributed by atoms with Gasteiger partial charge in [-0.25, -0.2) is 13.8 Å². The Labute approximate surface area is 222 Å². The van der Waals surface area contributed by atoms with E-state index in [2.05, 4.69) is 9.97 Å². The molecule has 10 heteroatoms. The van der Waals surface area contributed by atoms with Crippen molar-refractivity contribution in [1.82, 2.24) is 19.5 Å². The number of nitrogens with zero attached hydrogens (tertiary/aromatic N) is 4. The fraction of sp³-hybridized carbons (Fsp3) is 0.286. The largest absolute Gasteiger partial charge is 0.485 e. The van der Waals surface area contributed by atoms with Gasteiger partial charge in [-0.3, -0.25) is 19.3 Å². The molecule has 4 heterocycles. The van der Waals surface area contributed by atoms with E-state index in [9.17, 15) is 18.7 Å². The van der Waals surface area contributed by atoms with Gasteiger partial charge in [0.2, 0.25) is 0 Å². The van der Waals surface area contributed by atoms with Gasteiger partial charge in [-0.05, 0) is 56.4 Å². The van der Waals surface area contributed by atoms with Gasteiger partial charge in [0.1, 0.15) is 34.5 Å². The maximum atomic E-state index is 13.9. The zero-order chi connectivity index (χ0) is 27.2. The molecule has 0 saturated carbocycles. The quantitative estimate of drug-likeness (QED) is 0.355. The third kappa shape index (κ3) is 4.56. The second-order valence-electron chi connectivity index (χ2n) is 9.42. The number of aryl methyl sites for hydroxylation is 3. The maximum Gasteiger partial charge on any atom is 0.277 e. The van der Waals surface area contributed by atoms with E-state index < -0.39 is 22.8 Å². The minimum absolute atomic E-state index is 0.0574. The number of ether oxygens (including phenoxy) is 1. The van der Waals surface area contributed by atoms with Gasteiger partial charge in [0.05, 0.1) is 29.0 Å². The normalized spacial score (nSPS) is 16.5. The van der Waals surface area contributed by atoms with Crippen LogP contribution in [0.15, 0.2) is 47.5 Å². The molecular formula is C28H25ClF2N4O3. The first-order chi connectivity index (χ1) is 18.1. The highest BCUT2D eigenvalue weighted by Gasteiger charge is 2.36. The van der Waals surface area contributed by atoms with E-state index in [0.29, 0.717) is 47.4 Å². The Morgan fingerprint density at radius 2 is 1.92 bits per heavy atom. The van der Waals surface area contributed by atoms with Crippen molar-refractivity contribution in [2.24, 2.45) is 0 Å². The van der Waals surface area contributed by atoms with Crippen molar-refractivity contribution in [3.63, 3.8) is 0 Å². The highest BCUT2D eigenvalue weighted by atomic mass is 35.5. The first-order valence-electron chi connectivity index (χ1n) is 12.2. The summed E-state index contributed by atoms with van der Waals surface area (Å²) in [5, 5.41) is 10.8. The number of hydrogen-bond donors (Lipinski definition) is 1. The number of halogens is 3. The van der Waals surface area contributed by atoms with Crippen LogP contribution in [0.5, 0.6) is 5.75 Å². The Bertz CT molecular complexity index is 1620. The lowest BCUT2D eigenvalue weighted by molar-refractivity contribution is 0.0307. The molecule has 0 aromatic carbocycles. The fourth-order valence-corrected chi connectivity index (χ4v) is 4.91. The Kier molecular flexibility index (Phi) is 6.75. The van der Waals surface area contributed by atoms with E-state index in [1.807, 2.05) is 26.0 Å². The van der Waals surface area contributed by atoms with Gasteiger partial charge in [0, 0.05) is 24.0 Å². The van der Waals surface area contributed by atoms with Crippen molar-refractivity contribution in [3.05, 3.63) is 97.9 Å². The van der Waals surface area contributed by atoms with Crippen molar-refractivity contribution in [2.75, 3.05) is 0 Å². The minimum atomic E-state index is -0.956. The van der Waals surface area contributed by atoms with Crippen molar-refractivity contribution in [1.29, 1.82) is 0 Å². The number of rotatable bonds is 6. The van der Waals surface area contributed by atoms with Crippen LogP contribution in [0.25, 0.3) is 17.1 Å². The number of aliphatic hydroxyl groups is 1. The van der Waals surface area contributed by atoms with E-state index in [1.54, 1.807) is 25.3 Å².